The van der Waals surface area contributed by atoms with Crippen LogP contribution < -0.4 is 15.6 Å². The Morgan fingerprint density at radius 1 is 1.48 bits per heavy atom. The maximum absolute atomic E-state index is 14.2. The highest BCUT2D eigenvalue weighted by molar-refractivity contribution is 7.99. The van der Waals surface area contributed by atoms with Crippen LogP contribution in [0.15, 0.2) is 49.3 Å². The van der Waals surface area contributed by atoms with Gasteiger partial charge < -0.3 is 9.73 Å². The van der Waals surface area contributed by atoms with Gasteiger partial charge in [0.2, 0.25) is 0 Å². The molecule has 1 aromatic heterocycles. The smallest absolute Gasteiger partial charge is 0.128 e. The number of rotatable bonds is 6. The van der Waals surface area contributed by atoms with Crippen molar-refractivity contribution in [1.82, 2.24) is 10.4 Å². The third kappa shape index (κ3) is 3.74. The molecule has 2 aromatic rings. The number of halogens is 1. The second kappa shape index (κ2) is 7.10. The van der Waals surface area contributed by atoms with Crippen LogP contribution in [-0.4, -0.2) is 11.2 Å². The van der Waals surface area contributed by atoms with Crippen molar-refractivity contribution >= 4 is 23.3 Å². The van der Waals surface area contributed by atoms with E-state index in [0.29, 0.717) is 23.4 Å². The van der Waals surface area contributed by atoms with E-state index in [-0.39, 0.29) is 5.82 Å². The fourth-order valence-electron chi connectivity index (χ4n) is 1.86. The molecule has 110 valence electrons. The highest BCUT2D eigenvalue weighted by Crippen LogP contribution is 2.24. The molecule has 0 amide bonds. The molecule has 0 saturated carbocycles. The number of nitrogens with two attached hydrogens (primary N) is 1. The van der Waals surface area contributed by atoms with Crippen molar-refractivity contribution in [2.24, 2.45) is 5.84 Å². The van der Waals surface area contributed by atoms with E-state index in [9.17, 15) is 4.39 Å². The van der Waals surface area contributed by atoms with Crippen molar-refractivity contribution in [1.29, 1.82) is 0 Å². The molecular formula is C15H17FN4S. The first-order valence-corrected chi connectivity index (χ1v) is 7.50. The topological polar surface area (TPSA) is 54.2 Å². The SMILES string of the molecule is C=C(NN)c1ccc(CN(SC)c2cccnc2)c(F)c1. The van der Waals surface area contributed by atoms with E-state index in [2.05, 4.69) is 17.0 Å². The number of hydrogen-bond acceptors (Lipinski definition) is 5. The predicted molar refractivity (Wildman–Crippen MR) is 86.7 cm³/mol. The maximum atomic E-state index is 14.2. The Balaban J connectivity index is 2.20. The van der Waals surface area contributed by atoms with Crippen molar-refractivity contribution < 1.29 is 4.39 Å². The summed E-state index contributed by atoms with van der Waals surface area (Å²) in [6.45, 7) is 4.16. The summed E-state index contributed by atoms with van der Waals surface area (Å²) in [4.78, 5) is 4.08. The molecule has 0 unspecified atom stereocenters. The van der Waals surface area contributed by atoms with Crippen LogP contribution in [0, 0.1) is 5.82 Å². The lowest BCUT2D eigenvalue weighted by Gasteiger charge is -2.21. The van der Waals surface area contributed by atoms with Gasteiger partial charge in [-0.2, -0.15) is 0 Å². The zero-order valence-corrected chi connectivity index (χ0v) is 12.5. The standard InChI is InChI=1S/C15H17FN4S/c1-11(19-17)12-5-6-13(15(16)8-12)10-20(21-2)14-4-3-7-18-9-14/h3-9,19H,1,10,17H2,2H3. The fraction of sp³-hybridized carbons (Fsp3) is 0.133. The molecule has 0 saturated heterocycles. The van der Waals surface area contributed by atoms with Crippen molar-refractivity contribution in [3.63, 3.8) is 0 Å². The molecule has 0 aliphatic heterocycles. The fourth-order valence-corrected chi connectivity index (χ4v) is 2.45. The molecule has 1 aromatic carbocycles. The van der Waals surface area contributed by atoms with Crippen molar-refractivity contribution in [3.05, 3.63) is 66.2 Å². The van der Waals surface area contributed by atoms with Gasteiger partial charge in [0.05, 0.1) is 18.4 Å². The number of hydrazine groups is 1. The minimum atomic E-state index is -0.285. The summed E-state index contributed by atoms with van der Waals surface area (Å²) in [6.07, 6.45) is 5.41. The van der Waals surface area contributed by atoms with E-state index in [0.717, 1.165) is 5.69 Å². The number of hydrogen-bond donors (Lipinski definition) is 2. The first kappa shape index (κ1) is 15.3. The van der Waals surface area contributed by atoms with Gasteiger partial charge in [0.1, 0.15) is 5.82 Å². The number of nitrogens with zero attached hydrogens (tertiary/aromatic N) is 2. The van der Waals surface area contributed by atoms with Crippen LogP contribution in [0.25, 0.3) is 5.70 Å². The molecule has 0 aliphatic rings. The average Bonchev–Trinajstić information content (AvgIpc) is 2.53. The van der Waals surface area contributed by atoms with Crippen molar-refractivity contribution in [2.45, 2.75) is 6.54 Å². The van der Waals surface area contributed by atoms with E-state index >= 15 is 0 Å². The lowest BCUT2D eigenvalue weighted by Crippen LogP contribution is -2.19. The van der Waals surface area contributed by atoms with Crippen molar-refractivity contribution in [2.75, 3.05) is 10.6 Å². The monoisotopic (exact) mass is 304 g/mol. The maximum Gasteiger partial charge on any atom is 0.128 e. The number of aromatic nitrogens is 1. The van der Waals surface area contributed by atoms with E-state index in [1.54, 1.807) is 24.5 Å². The molecule has 0 bridgehead atoms. The number of nitrogens with one attached hydrogen (secondary N) is 1. The van der Waals surface area contributed by atoms with Crippen LogP contribution in [-0.2, 0) is 6.54 Å². The Hall–Kier alpha value is -2.05. The van der Waals surface area contributed by atoms with Gasteiger partial charge in [0, 0.05) is 29.3 Å². The summed E-state index contributed by atoms with van der Waals surface area (Å²) in [5.74, 6) is 4.99. The molecule has 0 radical (unpaired) electrons. The van der Waals surface area contributed by atoms with E-state index in [4.69, 9.17) is 5.84 Å². The minimum absolute atomic E-state index is 0.285. The number of pyridine rings is 1. The van der Waals surface area contributed by atoms with Gasteiger partial charge >= 0.3 is 0 Å². The summed E-state index contributed by atoms with van der Waals surface area (Å²) >= 11 is 1.52. The van der Waals surface area contributed by atoms with Crippen LogP contribution >= 0.6 is 11.9 Å². The second-order valence-electron chi connectivity index (χ2n) is 4.36. The van der Waals surface area contributed by atoms with Crippen molar-refractivity contribution in [3.8, 4) is 0 Å². The lowest BCUT2D eigenvalue weighted by atomic mass is 10.1. The van der Waals surface area contributed by atoms with Crippen LogP contribution in [0.5, 0.6) is 0 Å². The highest BCUT2D eigenvalue weighted by atomic mass is 32.2. The lowest BCUT2D eigenvalue weighted by molar-refractivity contribution is 0.610. The molecule has 3 N–H and O–H groups in total. The largest absolute Gasteiger partial charge is 0.324 e. The quantitative estimate of drug-likeness (QED) is 0.488. The summed E-state index contributed by atoms with van der Waals surface area (Å²) in [5, 5.41) is 0. The molecule has 0 spiro atoms. The third-order valence-electron chi connectivity index (χ3n) is 3.04. The Morgan fingerprint density at radius 3 is 2.86 bits per heavy atom. The summed E-state index contributed by atoms with van der Waals surface area (Å²) in [7, 11) is 0. The van der Waals surface area contributed by atoms with Crippen LogP contribution in [0.3, 0.4) is 0 Å². The van der Waals surface area contributed by atoms with Gasteiger partial charge in [-0.05, 0) is 18.2 Å². The molecular weight excluding hydrogens is 287 g/mol. The number of benzene rings is 1. The van der Waals surface area contributed by atoms with Gasteiger partial charge in [-0.3, -0.25) is 10.8 Å². The molecule has 4 nitrogen and oxygen atoms in total. The molecule has 21 heavy (non-hydrogen) atoms. The van der Waals surface area contributed by atoms with Gasteiger partial charge in [-0.15, -0.1) is 0 Å². The molecule has 1 heterocycles. The van der Waals surface area contributed by atoms with Gasteiger partial charge in [0.25, 0.3) is 0 Å². The Morgan fingerprint density at radius 2 is 2.29 bits per heavy atom. The molecule has 0 fully saturated rings. The third-order valence-corrected chi connectivity index (χ3v) is 3.82. The normalized spacial score (nSPS) is 10.2. The van der Waals surface area contributed by atoms with Gasteiger partial charge in [-0.25, -0.2) is 4.39 Å². The van der Waals surface area contributed by atoms with Crippen LogP contribution in [0.4, 0.5) is 10.1 Å². The predicted octanol–water partition coefficient (Wildman–Crippen LogP) is 2.94. The second-order valence-corrected chi connectivity index (χ2v) is 5.17. The minimum Gasteiger partial charge on any atom is -0.324 e. The Kier molecular flexibility index (Phi) is 5.19. The van der Waals surface area contributed by atoms with E-state index < -0.39 is 0 Å². The van der Waals surface area contributed by atoms with E-state index in [1.165, 1.54) is 18.0 Å². The van der Waals surface area contributed by atoms with Crippen LogP contribution in [0.1, 0.15) is 11.1 Å². The molecule has 0 atom stereocenters. The number of anilines is 1. The Bertz CT molecular complexity index is 618. The zero-order chi connectivity index (χ0) is 15.2. The van der Waals surface area contributed by atoms with Crippen LogP contribution in [0.2, 0.25) is 0 Å². The molecule has 2 rings (SSSR count). The molecule has 6 heteroatoms. The highest BCUT2D eigenvalue weighted by Gasteiger charge is 2.11. The first-order valence-electron chi connectivity index (χ1n) is 6.31. The summed E-state index contributed by atoms with van der Waals surface area (Å²) < 4.78 is 16.2. The zero-order valence-electron chi connectivity index (χ0n) is 11.7. The summed E-state index contributed by atoms with van der Waals surface area (Å²) in [6, 6.07) is 8.76. The summed E-state index contributed by atoms with van der Waals surface area (Å²) in [5.41, 5.74) is 5.07. The van der Waals surface area contributed by atoms with Gasteiger partial charge in [-0.1, -0.05) is 30.7 Å². The average molecular weight is 304 g/mol. The Labute approximate surface area is 128 Å². The van der Waals surface area contributed by atoms with Gasteiger partial charge in [0.15, 0.2) is 0 Å². The molecule has 0 aliphatic carbocycles. The van der Waals surface area contributed by atoms with E-state index in [1.807, 2.05) is 22.7 Å². The first-order chi connectivity index (χ1) is 10.2.